The van der Waals surface area contributed by atoms with Gasteiger partial charge in [-0.25, -0.2) is 9.59 Å². The Hall–Kier alpha value is -1.34. The van der Waals surface area contributed by atoms with Gasteiger partial charge < -0.3 is 24.3 Å². The standard InChI is InChI=1S/C15H27NO6/c1-13(2,3)22-12(18)16-9(10(17)19-8)11-20-14(4,5)15(6,7)21-11/h9,11H,1-8H3,(H,16,18). The summed E-state index contributed by atoms with van der Waals surface area (Å²) >= 11 is 0. The molecule has 7 heteroatoms. The molecule has 1 N–H and O–H groups in total. The summed E-state index contributed by atoms with van der Waals surface area (Å²) in [6.07, 6.45) is -1.69. The van der Waals surface area contributed by atoms with Crippen molar-refractivity contribution in [2.75, 3.05) is 7.11 Å². The fraction of sp³-hybridized carbons (Fsp3) is 0.867. The monoisotopic (exact) mass is 317 g/mol. The molecule has 1 rings (SSSR count). The van der Waals surface area contributed by atoms with Crippen molar-refractivity contribution in [3.63, 3.8) is 0 Å². The second-order valence-electron chi connectivity index (χ2n) is 7.27. The Bertz CT molecular complexity index is 422. The first-order valence-electron chi connectivity index (χ1n) is 7.22. The highest BCUT2D eigenvalue weighted by Gasteiger charge is 2.53. The van der Waals surface area contributed by atoms with Gasteiger partial charge in [-0.15, -0.1) is 0 Å². The summed E-state index contributed by atoms with van der Waals surface area (Å²) < 4.78 is 21.5. The van der Waals surface area contributed by atoms with E-state index in [1.165, 1.54) is 7.11 Å². The highest BCUT2D eigenvalue weighted by Crippen LogP contribution is 2.39. The molecule has 7 nitrogen and oxygen atoms in total. The van der Waals surface area contributed by atoms with Crippen LogP contribution in [0.1, 0.15) is 48.5 Å². The first-order valence-corrected chi connectivity index (χ1v) is 7.22. The lowest BCUT2D eigenvalue weighted by Crippen LogP contribution is -2.51. The zero-order valence-electron chi connectivity index (χ0n) is 14.6. The average molecular weight is 317 g/mol. The molecule has 1 amide bonds. The number of carbonyl (C=O) groups is 2. The van der Waals surface area contributed by atoms with Gasteiger partial charge in [-0.1, -0.05) is 0 Å². The number of nitrogens with one attached hydrogen (secondary N) is 1. The Morgan fingerprint density at radius 3 is 1.91 bits per heavy atom. The molecule has 0 radical (unpaired) electrons. The van der Waals surface area contributed by atoms with Gasteiger partial charge in [0.15, 0.2) is 12.3 Å². The Labute approximate surface area is 131 Å². The SMILES string of the molecule is COC(=O)C(NC(=O)OC(C)(C)C)C1OC(C)(C)C(C)(C)O1. The molecule has 0 bridgehead atoms. The number of carbonyl (C=O) groups excluding carboxylic acids is 2. The van der Waals surface area contributed by atoms with Crippen LogP contribution in [0.25, 0.3) is 0 Å². The fourth-order valence-electron chi connectivity index (χ4n) is 1.82. The van der Waals surface area contributed by atoms with E-state index in [1.54, 1.807) is 20.8 Å². The fourth-order valence-corrected chi connectivity index (χ4v) is 1.82. The molecule has 0 aliphatic carbocycles. The second-order valence-corrected chi connectivity index (χ2v) is 7.27. The molecule has 0 spiro atoms. The van der Waals surface area contributed by atoms with Crippen molar-refractivity contribution < 1.29 is 28.5 Å². The third-order valence-corrected chi connectivity index (χ3v) is 3.67. The average Bonchev–Trinajstić information content (AvgIpc) is 2.52. The van der Waals surface area contributed by atoms with E-state index in [-0.39, 0.29) is 0 Å². The van der Waals surface area contributed by atoms with E-state index >= 15 is 0 Å². The minimum absolute atomic E-state index is 0.625. The maximum Gasteiger partial charge on any atom is 0.408 e. The minimum Gasteiger partial charge on any atom is -0.467 e. The van der Waals surface area contributed by atoms with Crippen LogP contribution in [-0.4, -0.2) is 48.3 Å². The number of hydrogen-bond acceptors (Lipinski definition) is 6. The second kappa shape index (κ2) is 6.04. The molecule has 1 heterocycles. The molecule has 1 saturated heterocycles. The lowest BCUT2D eigenvalue weighted by Gasteiger charge is -2.30. The summed E-state index contributed by atoms with van der Waals surface area (Å²) in [5.41, 5.74) is -1.93. The van der Waals surface area contributed by atoms with Gasteiger partial charge in [-0.3, -0.25) is 0 Å². The Morgan fingerprint density at radius 1 is 1.09 bits per heavy atom. The quantitative estimate of drug-likeness (QED) is 0.801. The van der Waals surface area contributed by atoms with Crippen molar-refractivity contribution >= 4 is 12.1 Å². The van der Waals surface area contributed by atoms with Crippen LogP contribution < -0.4 is 5.32 Å². The van der Waals surface area contributed by atoms with E-state index in [4.69, 9.17) is 18.9 Å². The molecule has 1 unspecified atom stereocenters. The lowest BCUT2D eigenvalue weighted by molar-refractivity contribution is -0.161. The molecule has 0 aromatic rings. The molecule has 1 aliphatic rings. The molecule has 1 fully saturated rings. The summed E-state index contributed by atoms with van der Waals surface area (Å²) in [7, 11) is 1.23. The molecule has 0 aromatic carbocycles. The molecule has 1 atom stereocenters. The number of ether oxygens (including phenoxy) is 4. The van der Waals surface area contributed by atoms with Gasteiger partial charge in [0.1, 0.15) is 5.60 Å². The molecule has 22 heavy (non-hydrogen) atoms. The van der Waals surface area contributed by atoms with E-state index in [0.717, 1.165) is 0 Å². The van der Waals surface area contributed by atoms with Crippen molar-refractivity contribution in [3.8, 4) is 0 Å². The predicted octanol–water partition coefficient (Wildman–Crippen LogP) is 1.98. The van der Waals surface area contributed by atoms with Crippen LogP contribution in [0.4, 0.5) is 4.79 Å². The van der Waals surface area contributed by atoms with Crippen LogP contribution in [-0.2, 0) is 23.7 Å². The molecule has 128 valence electrons. The maximum atomic E-state index is 12.0. The van der Waals surface area contributed by atoms with Crippen molar-refractivity contribution in [2.24, 2.45) is 0 Å². The van der Waals surface area contributed by atoms with Crippen molar-refractivity contribution in [1.82, 2.24) is 5.32 Å². The molecular formula is C15H27NO6. The van der Waals surface area contributed by atoms with Crippen LogP contribution in [0.3, 0.4) is 0 Å². The largest absolute Gasteiger partial charge is 0.467 e. The normalized spacial score (nSPS) is 22.0. The van der Waals surface area contributed by atoms with Gasteiger partial charge in [0.25, 0.3) is 0 Å². The van der Waals surface area contributed by atoms with Gasteiger partial charge in [0.05, 0.1) is 18.3 Å². The van der Waals surface area contributed by atoms with Gasteiger partial charge in [-0.05, 0) is 48.5 Å². The summed E-state index contributed by atoms with van der Waals surface area (Å²) in [6, 6.07) is -1.11. The molecular weight excluding hydrogens is 290 g/mol. The van der Waals surface area contributed by atoms with Crippen LogP contribution in [0.2, 0.25) is 0 Å². The third-order valence-electron chi connectivity index (χ3n) is 3.67. The maximum absolute atomic E-state index is 12.0. The third kappa shape index (κ3) is 4.33. The first-order chi connectivity index (χ1) is 9.79. The Kier molecular flexibility index (Phi) is 5.14. The van der Waals surface area contributed by atoms with Crippen molar-refractivity contribution in [1.29, 1.82) is 0 Å². The van der Waals surface area contributed by atoms with E-state index in [9.17, 15) is 9.59 Å². The lowest BCUT2D eigenvalue weighted by atomic mass is 9.90. The van der Waals surface area contributed by atoms with E-state index in [1.807, 2.05) is 27.7 Å². The molecule has 0 aromatic heterocycles. The van der Waals surface area contributed by atoms with E-state index < -0.39 is 41.2 Å². The minimum atomic E-state index is -1.11. The summed E-state index contributed by atoms with van der Waals surface area (Å²) in [6.45, 7) is 12.6. The number of methoxy groups -OCH3 is 1. The Morgan fingerprint density at radius 2 is 1.55 bits per heavy atom. The van der Waals surface area contributed by atoms with Gasteiger partial charge in [0, 0.05) is 0 Å². The molecule has 0 saturated carbocycles. The number of amides is 1. The predicted molar refractivity (Wildman–Crippen MR) is 79.3 cm³/mol. The van der Waals surface area contributed by atoms with E-state index in [0.29, 0.717) is 0 Å². The smallest absolute Gasteiger partial charge is 0.408 e. The first kappa shape index (κ1) is 18.7. The van der Waals surface area contributed by atoms with Crippen LogP contribution in [0, 0.1) is 0 Å². The van der Waals surface area contributed by atoms with Crippen molar-refractivity contribution in [3.05, 3.63) is 0 Å². The number of rotatable bonds is 3. The van der Waals surface area contributed by atoms with Crippen LogP contribution in [0.15, 0.2) is 0 Å². The van der Waals surface area contributed by atoms with Gasteiger partial charge in [-0.2, -0.15) is 0 Å². The topological polar surface area (TPSA) is 83.1 Å². The number of hydrogen-bond donors (Lipinski definition) is 1. The van der Waals surface area contributed by atoms with Crippen molar-refractivity contribution in [2.45, 2.75) is 77.6 Å². The van der Waals surface area contributed by atoms with Crippen LogP contribution >= 0.6 is 0 Å². The van der Waals surface area contributed by atoms with Gasteiger partial charge >= 0.3 is 12.1 Å². The highest BCUT2D eigenvalue weighted by atomic mass is 16.8. The highest BCUT2D eigenvalue weighted by molar-refractivity contribution is 5.81. The Balaban J connectivity index is 2.88. The van der Waals surface area contributed by atoms with E-state index in [2.05, 4.69) is 5.32 Å². The van der Waals surface area contributed by atoms with Crippen LogP contribution in [0.5, 0.6) is 0 Å². The summed E-state index contributed by atoms with van der Waals surface area (Å²) in [5.74, 6) is -0.663. The summed E-state index contributed by atoms with van der Waals surface area (Å²) in [4.78, 5) is 23.9. The molecule has 1 aliphatic heterocycles. The number of esters is 1. The number of alkyl carbamates (subject to hydrolysis) is 1. The van der Waals surface area contributed by atoms with Gasteiger partial charge in [0.2, 0.25) is 0 Å². The zero-order chi connectivity index (χ0) is 17.3. The summed E-state index contributed by atoms with van der Waals surface area (Å²) in [5, 5.41) is 2.46. The zero-order valence-corrected chi connectivity index (χ0v) is 14.6.